The molecule has 2 heterocycles. The number of halogens is 3. The molecule has 1 fully saturated rings. The van der Waals surface area contributed by atoms with Crippen molar-refractivity contribution < 1.29 is 13.2 Å². The fourth-order valence-electron chi connectivity index (χ4n) is 2.77. The van der Waals surface area contributed by atoms with Crippen LogP contribution in [0, 0.1) is 11.3 Å². The minimum atomic E-state index is -4.38. The first-order valence-electron chi connectivity index (χ1n) is 7.25. The molecule has 0 N–H and O–H groups in total. The molecule has 0 radical (unpaired) electrons. The topological polar surface area (TPSA) is 39.9 Å². The lowest BCUT2D eigenvalue weighted by atomic mass is 9.98. The molecule has 2 aromatic rings. The molecule has 0 amide bonds. The molecule has 0 spiro atoms. The fourth-order valence-corrected chi connectivity index (χ4v) is 3.72. The van der Waals surface area contributed by atoms with E-state index in [2.05, 4.69) is 16.0 Å². The van der Waals surface area contributed by atoms with Crippen LogP contribution in [0.25, 0.3) is 0 Å². The van der Waals surface area contributed by atoms with Crippen LogP contribution in [0.1, 0.15) is 35.0 Å². The standard InChI is InChI=1S/C16H14F3N3S/c17-16(18,19)14-10-23-15(21-14)12-2-1-7-22(9-12)13-5-3-11(8-20)4-6-13/h3-6,10,12H,1-2,7,9H2. The van der Waals surface area contributed by atoms with E-state index in [1.165, 1.54) is 0 Å². The third kappa shape index (κ3) is 3.48. The van der Waals surface area contributed by atoms with Crippen molar-refractivity contribution in [2.75, 3.05) is 18.0 Å². The molecule has 0 bridgehead atoms. The zero-order valence-corrected chi connectivity index (χ0v) is 13.0. The molecule has 23 heavy (non-hydrogen) atoms. The molecule has 0 saturated carbocycles. The smallest absolute Gasteiger partial charge is 0.371 e. The summed E-state index contributed by atoms with van der Waals surface area (Å²) in [6.07, 6.45) is -2.63. The van der Waals surface area contributed by atoms with E-state index in [-0.39, 0.29) is 5.92 Å². The maximum atomic E-state index is 12.7. The molecule has 3 nitrogen and oxygen atoms in total. The van der Waals surface area contributed by atoms with Crippen LogP contribution >= 0.6 is 11.3 Å². The number of hydrogen-bond donors (Lipinski definition) is 0. The highest BCUT2D eigenvalue weighted by Crippen LogP contribution is 2.35. The van der Waals surface area contributed by atoms with Gasteiger partial charge in [-0.2, -0.15) is 18.4 Å². The van der Waals surface area contributed by atoms with E-state index >= 15 is 0 Å². The van der Waals surface area contributed by atoms with E-state index in [4.69, 9.17) is 5.26 Å². The molecule has 1 saturated heterocycles. The van der Waals surface area contributed by atoms with Crippen molar-refractivity contribution in [1.82, 2.24) is 4.98 Å². The number of rotatable bonds is 2. The Labute approximate surface area is 136 Å². The number of thiazole rings is 1. The molecule has 1 aromatic carbocycles. The average molecular weight is 337 g/mol. The van der Waals surface area contributed by atoms with Crippen molar-refractivity contribution in [2.24, 2.45) is 0 Å². The van der Waals surface area contributed by atoms with Crippen molar-refractivity contribution in [3.05, 3.63) is 45.9 Å². The molecule has 1 unspecified atom stereocenters. The van der Waals surface area contributed by atoms with Gasteiger partial charge in [-0.3, -0.25) is 0 Å². The lowest BCUT2D eigenvalue weighted by molar-refractivity contribution is -0.140. The zero-order chi connectivity index (χ0) is 16.4. The van der Waals surface area contributed by atoms with E-state index in [9.17, 15) is 13.2 Å². The van der Waals surface area contributed by atoms with Gasteiger partial charge in [-0.15, -0.1) is 11.3 Å². The monoisotopic (exact) mass is 337 g/mol. The Morgan fingerprint density at radius 1 is 1.26 bits per heavy atom. The lowest BCUT2D eigenvalue weighted by Gasteiger charge is -2.33. The van der Waals surface area contributed by atoms with Gasteiger partial charge in [-0.1, -0.05) is 0 Å². The molecule has 3 rings (SSSR count). The number of benzene rings is 1. The minimum absolute atomic E-state index is 0.0143. The third-order valence-corrected chi connectivity index (χ3v) is 4.95. The minimum Gasteiger partial charge on any atom is -0.371 e. The Bertz CT molecular complexity index is 715. The number of nitriles is 1. The van der Waals surface area contributed by atoms with Gasteiger partial charge >= 0.3 is 6.18 Å². The summed E-state index contributed by atoms with van der Waals surface area (Å²) in [5.41, 5.74) is 0.784. The van der Waals surface area contributed by atoms with Gasteiger partial charge < -0.3 is 4.90 Å². The van der Waals surface area contributed by atoms with Gasteiger partial charge in [0.1, 0.15) is 0 Å². The van der Waals surface area contributed by atoms with Crippen LogP contribution in [0.15, 0.2) is 29.6 Å². The first-order chi connectivity index (χ1) is 11.0. The van der Waals surface area contributed by atoms with Gasteiger partial charge in [0.05, 0.1) is 16.6 Å². The summed E-state index contributed by atoms with van der Waals surface area (Å²) < 4.78 is 38.1. The first kappa shape index (κ1) is 15.8. The quantitative estimate of drug-likeness (QED) is 0.814. The van der Waals surface area contributed by atoms with E-state index in [0.29, 0.717) is 17.1 Å². The van der Waals surface area contributed by atoms with Crippen molar-refractivity contribution in [1.29, 1.82) is 5.26 Å². The van der Waals surface area contributed by atoms with E-state index < -0.39 is 11.9 Å². The molecule has 1 aromatic heterocycles. The highest BCUT2D eigenvalue weighted by Gasteiger charge is 2.35. The Balaban J connectivity index is 1.75. The number of anilines is 1. The van der Waals surface area contributed by atoms with Crippen LogP contribution in [0.4, 0.5) is 18.9 Å². The molecule has 1 atom stereocenters. The van der Waals surface area contributed by atoms with Crippen LogP contribution in [-0.2, 0) is 6.18 Å². The molecular formula is C16H14F3N3S. The number of piperidine rings is 1. The molecule has 120 valence electrons. The molecule has 7 heteroatoms. The van der Waals surface area contributed by atoms with E-state index in [1.54, 1.807) is 12.1 Å². The van der Waals surface area contributed by atoms with Crippen molar-refractivity contribution in [3.63, 3.8) is 0 Å². The maximum Gasteiger partial charge on any atom is 0.434 e. The molecule has 1 aliphatic rings. The molecule has 1 aliphatic heterocycles. The Morgan fingerprint density at radius 3 is 2.61 bits per heavy atom. The summed E-state index contributed by atoms with van der Waals surface area (Å²) in [6.45, 7) is 1.51. The second kappa shape index (κ2) is 6.20. The Hall–Kier alpha value is -2.07. The largest absolute Gasteiger partial charge is 0.434 e. The predicted molar refractivity (Wildman–Crippen MR) is 82.5 cm³/mol. The zero-order valence-electron chi connectivity index (χ0n) is 12.2. The molecule has 0 aliphatic carbocycles. The normalized spacial score (nSPS) is 18.7. The predicted octanol–water partition coefficient (Wildman–Crippen LogP) is 4.42. The summed E-state index contributed by atoms with van der Waals surface area (Å²) >= 11 is 1.09. The van der Waals surface area contributed by atoms with Crippen LogP contribution in [0.3, 0.4) is 0 Å². The Morgan fingerprint density at radius 2 is 2.00 bits per heavy atom. The number of hydrogen-bond acceptors (Lipinski definition) is 4. The summed E-state index contributed by atoms with van der Waals surface area (Å²) in [4.78, 5) is 5.93. The molecular weight excluding hydrogens is 323 g/mol. The van der Waals surface area contributed by atoms with Gasteiger partial charge in [0.15, 0.2) is 5.69 Å². The summed E-state index contributed by atoms with van der Waals surface area (Å²) in [5, 5.41) is 10.5. The summed E-state index contributed by atoms with van der Waals surface area (Å²) in [7, 11) is 0. The second-order valence-electron chi connectivity index (χ2n) is 5.51. The highest BCUT2D eigenvalue weighted by atomic mass is 32.1. The van der Waals surface area contributed by atoms with Gasteiger partial charge in [0, 0.05) is 30.1 Å². The van der Waals surface area contributed by atoms with Crippen LogP contribution in [-0.4, -0.2) is 18.1 Å². The highest BCUT2D eigenvalue weighted by molar-refractivity contribution is 7.09. The van der Waals surface area contributed by atoms with Gasteiger partial charge in [-0.25, -0.2) is 4.98 Å². The van der Waals surface area contributed by atoms with E-state index in [1.807, 2.05) is 12.1 Å². The number of aromatic nitrogens is 1. The summed E-state index contributed by atoms with van der Waals surface area (Å²) in [6, 6.07) is 9.34. The fraction of sp³-hybridized carbons (Fsp3) is 0.375. The SMILES string of the molecule is N#Cc1ccc(N2CCCC(c3nc(C(F)(F)F)cs3)C2)cc1. The second-order valence-corrected chi connectivity index (χ2v) is 6.40. The summed E-state index contributed by atoms with van der Waals surface area (Å²) in [5.74, 6) is 0.0143. The van der Waals surface area contributed by atoms with Gasteiger partial charge in [0.25, 0.3) is 0 Å². The van der Waals surface area contributed by atoms with E-state index in [0.717, 1.165) is 41.8 Å². The van der Waals surface area contributed by atoms with Crippen LogP contribution in [0.2, 0.25) is 0 Å². The lowest BCUT2D eigenvalue weighted by Crippen LogP contribution is -2.34. The number of alkyl halides is 3. The van der Waals surface area contributed by atoms with Crippen LogP contribution in [0.5, 0.6) is 0 Å². The van der Waals surface area contributed by atoms with Gasteiger partial charge in [0.2, 0.25) is 0 Å². The van der Waals surface area contributed by atoms with Crippen molar-refractivity contribution in [2.45, 2.75) is 24.9 Å². The Kier molecular flexibility index (Phi) is 4.26. The first-order valence-corrected chi connectivity index (χ1v) is 8.13. The van der Waals surface area contributed by atoms with Crippen molar-refractivity contribution in [3.8, 4) is 6.07 Å². The average Bonchev–Trinajstić information content (AvgIpc) is 3.05. The van der Waals surface area contributed by atoms with Gasteiger partial charge in [-0.05, 0) is 37.1 Å². The maximum absolute atomic E-state index is 12.7. The number of nitrogens with zero attached hydrogens (tertiary/aromatic N) is 3. The third-order valence-electron chi connectivity index (χ3n) is 3.94. The van der Waals surface area contributed by atoms with Crippen LogP contribution < -0.4 is 4.90 Å². The van der Waals surface area contributed by atoms with Crippen molar-refractivity contribution >= 4 is 17.0 Å².